The molecule has 0 heterocycles. The molecule has 5 heteroatoms. The minimum absolute atomic E-state index is 0.500. The zero-order chi connectivity index (χ0) is 13.9. The summed E-state index contributed by atoms with van der Waals surface area (Å²) in [7, 11) is 0. The van der Waals surface area contributed by atoms with Gasteiger partial charge >= 0.3 is 11.9 Å². The Morgan fingerprint density at radius 1 is 1.06 bits per heavy atom. The molecule has 0 saturated carbocycles. The van der Waals surface area contributed by atoms with Crippen LogP contribution in [0.5, 0.6) is 0 Å². The van der Waals surface area contributed by atoms with Gasteiger partial charge in [0.2, 0.25) is 0 Å². The minimum atomic E-state index is -0.995. The molecule has 1 aromatic rings. The van der Waals surface area contributed by atoms with Crippen LogP contribution in [0.15, 0.2) is 16.6 Å². The highest BCUT2D eigenvalue weighted by Crippen LogP contribution is 2.28. The van der Waals surface area contributed by atoms with Gasteiger partial charge in [0.15, 0.2) is 0 Å². The summed E-state index contributed by atoms with van der Waals surface area (Å²) < 4.78 is 11.0. The highest BCUT2D eigenvalue weighted by molar-refractivity contribution is 9.10. The predicted octanol–water partition coefficient (Wildman–Crippen LogP) is 3.19. The standard InChI is InChI=1S/C13H15BrO4/c1-7-5-11(6-8(2)12(7)14)13(17-9(3)15)18-10(4)16/h5-6,13H,1-4H3. The Bertz CT molecular complexity index is 443. The Labute approximate surface area is 114 Å². The molecule has 1 aromatic carbocycles. The molecule has 1 rings (SSSR count). The maximum absolute atomic E-state index is 11.0. The molecule has 0 aliphatic rings. The van der Waals surface area contributed by atoms with Gasteiger partial charge in [-0.25, -0.2) is 0 Å². The summed E-state index contributed by atoms with van der Waals surface area (Å²) in [4.78, 5) is 22.0. The molecule has 0 radical (unpaired) electrons. The van der Waals surface area contributed by atoms with Crippen molar-refractivity contribution in [3.63, 3.8) is 0 Å². The van der Waals surface area contributed by atoms with Crippen LogP contribution in [0.3, 0.4) is 0 Å². The van der Waals surface area contributed by atoms with E-state index in [1.54, 1.807) is 0 Å². The van der Waals surface area contributed by atoms with Crippen molar-refractivity contribution in [3.8, 4) is 0 Å². The largest absolute Gasteiger partial charge is 0.421 e. The predicted molar refractivity (Wildman–Crippen MR) is 69.9 cm³/mol. The first-order chi connectivity index (χ1) is 8.31. The summed E-state index contributed by atoms with van der Waals surface area (Å²) in [6.07, 6.45) is -0.995. The quantitative estimate of drug-likeness (QED) is 0.635. The lowest BCUT2D eigenvalue weighted by atomic mass is 10.1. The van der Waals surface area contributed by atoms with E-state index < -0.39 is 18.2 Å². The first-order valence-electron chi connectivity index (χ1n) is 5.42. The fraction of sp³-hybridized carbons (Fsp3) is 0.385. The molecule has 0 spiro atoms. The van der Waals surface area contributed by atoms with Gasteiger partial charge in [0.05, 0.1) is 0 Å². The van der Waals surface area contributed by atoms with Gasteiger partial charge in [-0.05, 0) is 37.1 Å². The maximum atomic E-state index is 11.0. The number of carbonyl (C=O) groups excluding carboxylic acids is 2. The monoisotopic (exact) mass is 314 g/mol. The average Bonchev–Trinajstić information content (AvgIpc) is 2.23. The van der Waals surface area contributed by atoms with E-state index in [1.165, 1.54) is 13.8 Å². The molecular weight excluding hydrogens is 300 g/mol. The third-order valence-electron chi connectivity index (χ3n) is 2.28. The van der Waals surface area contributed by atoms with Gasteiger partial charge < -0.3 is 9.47 Å². The van der Waals surface area contributed by atoms with Crippen LogP contribution in [0.1, 0.15) is 36.8 Å². The van der Waals surface area contributed by atoms with E-state index >= 15 is 0 Å². The number of halogens is 1. The van der Waals surface area contributed by atoms with Crippen LogP contribution in [0, 0.1) is 13.8 Å². The molecule has 0 amide bonds. The summed E-state index contributed by atoms with van der Waals surface area (Å²) in [5.74, 6) is -1.00. The van der Waals surface area contributed by atoms with Crippen LogP contribution < -0.4 is 0 Å². The zero-order valence-corrected chi connectivity index (χ0v) is 12.3. The second-order valence-electron chi connectivity index (χ2n) is 4.02. The van der Waals surface area contributed by atoms with Gasteiger partial charge in [-0.1, -0.05) is 15.9 Å². The molecule has 0 aliphatic carbocycles. The number of aryl methyl sites for hydroxylation is 2. The molecule has 0 aliphatic heterocycles. The average molecular weight is 315 g/mol. The van der Waals surface area contributed by atoms with E-state index in [-0.39, 0.29) is 0 Å². The van der Waals surface area contributed by atoms with E-state index in [4.69, 9.17) is 9.47 Å². The highest BCUT2D eigenvalue weighted by atomic mass is 79.9. The van der Waals surface area contributed by atoms with Crippen molar-refractivity contribution in [3.05, 3.63) is 33.3 Å². The highest BCUT2D eigenvalue weighted by Gasteiger charge is 2.19. The van der Waals surface area contributed by atoms with Crippen molar-refractivity contribution >= 4 is 27.9 Å². The Hall–Kier alpha value is -1.36. The van der Waals surface area contributed by atoms with Gasteiger partial charge in [0.25, 0.3) is 6.29 Å². The van der Waals surface area contributed by atoms with Gasteiger partial charge in [0.1, 0.15) is 0 Å². The van der Waals surface area contributed by atoms with E-state index in [0.717, 1.165) is 15.6 Å². The van der Waals surface area contributed by atoms with Crippen molar-refractivity contribution in [2.24, 2.45) is 0 Å². The first-order valence-corrected chi connectivity index (χ1v) is 6.21. The van der Waals surface area contributed by atoms with E-state index in [1.807, 2.05) is 26.0 Å². The molecule has 0 fully saturated rings. The fourth-order valence-electron chi connectivity index (χ4n) is 1.58. The number of esters is 2. The summed E-state index contributed by atoms with van der Waals surface area (Å²) in [5, 5.41) is 0. The lowest BCUT2D eigenvalue weighted by Gasteiger charge is -2.18. The Kier molecular flexibility index (Phi) is 4.90. The third-order valence-corrected chi connectivity index (χ3v) is 3.53. The van der Waals surface area contributed by atoms with Gasteiger partial charge in [-0.3, -0.25) is 9.59 Å². The third kappa shape index (κ3) is 3.84. The van der Waals surface area contributed by atoms with Crippen molar-refractivity contribution in [1.82, 2.24) is 0 Å². The van der Waals surface area contributed by atoms with Crippen molar-refractivity contribution < 1.29 is 19.1 Å². The van der Waals surface area contributed by atoms with Crippen LogP contribution in [0.2, 0.25) is 0 Å². The molecule has 0 bridgehead atoms. The summed E-state index contributed by atoms with van der Waals surface area (Å²) >= 11 is 3.45. The SMILES string of the molecule is CC(=O)OC(OC(C)=O)c1cc(C)c(Br)c(C)c1. The summed E-state index contributed by atoms with van der Waals surface area (Å²) in [6.45, 7) is 6.38. The lowest BCUT2D eigenvalue weighted by molar-refractivity contribution is -0.186. The number of rotatable bonds is 3. The van der Waals surface area contributed by atoms with Crippen molar-refractivity contribution in [2.45, 2.75) is 34.0 Å². The second kappa shape index (κ2) is 6.00. The van der Waals surface area contributed by atoms with Gasteiger partial charge in [-0.2, -0.15) is 0 Å². The first kappa shape index (κ1) is 14.7. The Morgan fingerprint density at radius 3 is 1.78 bits per heavy atom. The fourth-order valence-corrected chi connectivity index (χ4v) is 1.81. The molecule has 0 atom stereocenters. The van der Waals surface area contributed by atoms with Crippen LogP contribution in [0.25, 0.3) is 0 Å². The molecule has 0 saturated heterocycles. The molecule has 18 heavy (non-hydrogen) atoms. The molecule has 98 valence electrons. The minimum Gasteiger partial charge on any atom is -0.421 e. The normalized spacial score (nSPS) is 10.3. The van der Waals surface area contributed by atoms with Gasteiger partial charge in [-0.15, -0.1) is 0 Å². The van der Waals surface area contributed by atoms with E-state index in [9.17, 15) is 9.59 Å². The number of benzene rings is 1. The molecule has 0 aromatic heterocycles. The molecule has 0 N–H and O–H groups in total. The zero-order valence-electron chi connectivity index (χ0n) is 10.7. The van der Waals surface area contributed by atoms with E-state index in [2.05, 4.69) is 15.9 Å². The summed E-state index contributed by atoms with van der Waals surface area (Å²) in [5.41, 5.74) is 2.60. The van der Waals surface area contributed by atoms with Crippen LogP contribution >= 0.6 is 15.9 Å². The lowest BCUT2D eigenvalue weighted by Crippen LogP contribution is -2.15. The van der Waals surface area contributed by atoms with Crippen molar-refractivity contribution in [2.75, 3.05) is 0 Å². The number of hydrogen-bond acceptors (Lipinski definition) is 4. The maximum Gasteiger partial charge on any atom is 0.305 e. The second-order valence-corrected chi connectivity index (χ2v) is 4.81. The van der Waals surface area contributed by atoms with Crippen molar-refractivity contribution in [1.29, 1.82) is 0 Å². The van der Waals surface area contributed by atoms with E-state index in [0.29, 0.717) is 5.56 Å². The Balaban J connectivity index is 3.12. The molecular formula is C13H15BrO4. The Morgan fingerprint density at radius 2 is 1.44 bits per heavy atom. The number of carbonyl (C=O) groups is 2. The summed E-state index contributed by atoms with van der Waals surface area (Å²) in [6, 6.07) is 3.63. The number of hydrogen-bond donors (Lipinski definition) is 0. The molecule has 4 nitrogen and oxygen atoms in total. The van der Waals surface area contributed by atoms with Crippen LogP contribution in [-0.4, -0.2) is 11.9 Å². The number of ether oxygens (including phenoxy) is 2. The molecule has 0 unspecified atom stereocenters. The van der Waals surface area contributed by atoms with Crippen LogP contribution in [-0.2, 0) is 19.1 Å². The van der Waals surface area contributed by atoms with Crippen LogP contribution in [0.4, 0.5) is 0 Å². The van der Waals surface area contributed by atoms with Gasteiger partial charge in [0, 0.05) is 23.9 Å². The smallest absolute Gasteiger partial charge is 0.305 e. The topological polar surface area (TPSA) is 52.6 Å².